The first kappa shape index (κ1) is 9.48. The van der Waals surface area contributed by atoms with Gasteiger partial charge in [-0.2, -0.15) is 0 Å². The molecule has 1 atom stereocenters. The smallest absolute Gasteiger partial charge is 0.228 e. The second-order valence-corrected chi connectivity index (χ2v) is 3.28. The van der Waals surface area contributed by atoms with Gasteiger partial charge in [0, 0.05) is 12.3 Å². The Hall–Kier alpha value is -0.610. The molecule has 0 aromatic carbocycles. The van der Waals surface area contributed by atoms with Gasteiger partial charge in [-0.3, -0.25) is 9.59 Å². The van der Waals surface area contributed by atoms with E-state index in [0.29, 0.717) is 0 Å². The number of ketones is 1. The fourth-order valence-corrected chi connectivity index (χ4v) is 1.47. The Morgan fingerprint density at radius 2 is 2.25 bits per heavy atom. The number of aliphatic hydroxyl groups excluding tert-OH is 1. The molecule has 0 bridgehead atoms. The lowest BCUT2D eigenvalue weighted by molar-refractivity contribution is -0.134. The maximum atomic E-state index is 11.0. The van der Waals surface area contributed by atoms with Crippen molar-refractivity contribution in [2.75, 3.05) is 12.5 Å². The molecular weight excluding hydrogens is 182 g/mol. The molecule has 1 aliphatic rings. The van der Waals surface area contributed by atoms with Gasteiger partial charge >= 0.3 is 0 Å². The number of nitrogens with one attached hydrogen (secondary N) is 1. The standard InChI is InChI=1S/C7H10ClNO3/c8-3-7(4-10)2-5(11)1-6(12)9-7/h10H,1-4H2,(H,9,12). The van der Waals surface area contributed by atoms with Crippen LogP contribution in [0, 0.1) is 0 Å². The number of alkyl halides is 1. The summed E-state index contributed by atoms with van der Waals surface area (Å²) in [5, 5.41) is 11.4. The predicted octanol–water partition coefficient (Wildman–Crippen LogP) is -0.565. The molecule has 1 heterocycles. The zero-order valence-electron chi connectivity index (χ0n) is 6.47. The van der Waals surface area contributed by atoms with E-state index in [2.05, 4.69) is 5.32 Å². The van der Waals surface area contributed by atoms with Gasteiger partial charge in [0.1, 0.15) is 5.78 Å². The highest BCUT2D eigenvalue weighted by atomic mass is 35.5. The number of hydrogen-bond acceptors (Lipinski definition) is 3. The van der Waals surface area contributed by atoms with Crippen LogP contribution in [0.25, 0.3) is 0 Å². The Labute approximate surface area is 74.9 Å². The molecule has 5 heteroatoms. The number of hydrogen-bond donors (Lipinski definition) is 2. The van der Waals surface area contributed by atoms with Gasteiger partial charge in [-0.1, -0.05) is 0 Å². The topological polar surface area (TPSA) is 66.4 Å². The summed E-state index contributed by atoms with van der Waals surface area (Å²) in [6, 6.07) is 0. The highest BCUT2D eigenvalue weighted by Gasteiger charge is 2.37. The van der Waals surface area contributed by atoms with Crippen molar-refractivity contribution in [2.45, 2.75) is 18.4 Å². The summed E-state index contributed by atoms with van der Waals surface area (Å²) in [5.74, 6) is -0.476. The number of aliphatic hydroxyl groups is 1. The van der Waals surface area contributed by atoms with E-state index in [1.54, 1.807) is 0 Å². The van der Waals surface area contributed by atoms with Crippen molar-refractivity contribution >= 4 is 23.3 Å². The van der Waals surface area contributed by atoms with E-state index in [-0.39, 0.29) is 37.0 Å². The summed E-state index contributed by atoms with van der Waals surface area (Å²) in [5.41, 5.74) is -0.923. The van der Waals surface area contributed by atoms with Crippen molar-refractivity contribution < 1.29 is 14.7 Å². The summed E-state index contributed by atoms with van der Waals surface area (Å²) < 4.78 is 0. The van der Waals surface area contributed by atoms with Crippen LogP contribution in [-0.4, -0.2) is 34.8 Å². The Bertz CT molecular complexity index is 195. The normalized spacial score (nSPS) is 30.2. The van der Waals surface area contributed by atoms with Crippen LogP contribution in [0.4, 0.5) is 0 Å². The van der Waals surface area contributed by atoms with Crippen LogP contribution in [-0.2, 0) is 9.59 Å². The molecule has 2 N–H and O–H groups in total. The molecule has 1 saturated heterocycles. The van der Waals surface area contributed by atoms with Gasteiger partial charge in [-0.05, 0) is 0 Å². The zero-order valence-corrected chi connectivity index (χ0v) is 7.23. The first-order valence-corrected chi connectivity index (χ1v) is 4.15. The van der Waals surface area contributed by atoms with Gasteiger partial charge in [0.2, 0.25) is 5.91 Å². The average Bonchev–Trinajstić information content (AvgIpc) is 2.02. The fourth-order valence-electron chi connectivity index (χ4n) is 1.22. The van der Waals surface area contributed by atoms with Crippen LogP contribution in [0.3, 0.4) is 0 Å². The van der Waals surface area contributed by atoms with Gasteiger partial charge in [0.15, 0.2) is 0 Å². The van der Waals surface area contributed by atoms with Crippen LogP contribution in [0.5, 0.6) is 0 Å². The fraction of sp³-hybridized carbons (Fsp3) is 0.714. The molecule has 12 heavy (non-hydrogen) atoms. The third-order valence-corrected chi connectivity index (χ3v) is 2.37. The molecule has 0 aliphatic carbocycles. The van der Waals surface area contributed by atoms with Crippen LogP contribution in [0.1, 0.15) is 12.8 Å². The number of rotatable bonds is 2. The minimum Gasteiger partial charge on any atom is -0.394 e. The quantitative estimate of drug-likeness (QED) is 0.454. The van der Waals surface area contributed by atoms with E-state index >= 15 is 0 Å². The molecule has 0 saturated carbocycles. The Kier molecular flexibility index (Phi) is 2.69. The second kappa shape index (κ2) is 3.41. The third-order valence-electron chi connectivity index (χ3n) is 1.86. The molecular formula is C7H10ClNO3. The molecule has 0 radical (unpaired) electrons. The minimum absolute atomic E-state index is 0.0565. The second-order valence-electron chi connectivity index (χ2n) is 3.01. The molecule has 1 rings (SSSR count). The van der Waals surface area contributed by atoms with Crippen LogP contribution < -0.4 is 5.32 Å². The van der Waals surface area contributed by atoms with Gasteiger partial charge in [-0.25, -0.2) is 0 Å². The highest BCUT2D eigenvalue weighted by Crippen LogP contribution is 2.18. The van der Waals surface area contributed by atoms with Gasteiger partial charge in [0.25, 0.3) is 0 Å². The van der Waals surface area contributed by atoms with E-state index in [9.17, 15) is 9.59 Å². The summed E-state index contributed by atoms with van der Waals surface area (Å²) in [6.45, 7) is -0.298. The van der Waals surface area contributed by atoms with E-state index < -0.39 is 5.54 Å². The number of piperidine rings is 1. The van der Waals surface area contributed by atoms with Crippen molar-refractivity contribution in [3.8, 4) is 0 Å². The lowest BCUT2D eigenvalue weighted by Gasteiger charge is -2.33. The minimum atomic E-state index is -0.923. The molecule has 0 aromatic heterocycles. The van der Waals surface area contributed by atoms with Crippen LogP contribution in [0.2, 0.25) is 0 Å². The number of carbonyl (C=O) groups is 2. The first-order chi connectivity index (χ1) is 5.62. The molecule has 68 valence electrons. The first-order valence-electron chi connectivity index (χ1n) is 3.61. The number of carbonyl (C=O) groups excluding carboxylic acids is 2. The predicted molar refractivity (Wildman–Crippen MR) is 42.9 cm³/mol. The van der Waals surface area contributed by atoms with Crippen molar-refractivity contribution in [2.24, 2.45) is 0 Å². The van der Waals surface area contributed by atoms with Crippen molar-refractivity contribution in [3.63, 3.8) is 0 Å². The van der Waals surface area contributed by atoms with Crippen molar-refractivity contribution in [1.29, 1.82) is 0 Å². The molecule has 1 amide bonds. The van der Waals surface area contributed by atoms with Crippen molar-refractivity contribution in [1.82, 2.24) is 5.32 Å². The summed E-state index contributed by atoms with van der Waals surface area (Å²) in [7, 11) is 0. The molecule has 1 unspecified atom stereocenters. The van der Waals surface area contributed by atoms with Crippen LogP contribution >= 0.6 is 11.6 Å². The average molecular weight is 192 g/mol. The number of Topliss-reactive ketones (excluding diaryl/α,β-unsaturated/α-hetero) is 1. The maximum Gasteiger partial charge on any atom is 0.228 e. The lowest BCUT2D eigenvalue weighted by atomic mass is 9.90. The Morgan fingerprint density at radius 3 is 2.67 bits per heavy atom. The highest BCUT2D eigenvalue weighted by molar-refractivity contribution is 6.19. The number of amides is 1. The summed E-state index contributed by atoms with van der Waals surface area (Å²) in [6.07, 6.45) is 0.0252. The van der Waals surface area contributed by atoms with E-state index in [1.807, 2.05) is 0 Å². The van der Waals surface area contributed by atoms with Crippen LogP contribution in [0.15, 0.2) is 0 Å². The monoisotopic (exact) mass is 191 g/mol. The van der Waals surface area contributed by atoms with Gasteiger partial charge in [-0.15, -0.1) is 11.6 Å². The number of halogens is 1. The van der Waals surface area contributed by atoms with E-state index in [1.165, 1.54) is 0 Å². The Morgan fingerprint density at radius 1 is 1.58 bits per heavy atom. The molecule has 1 aliphatic heterocycles. The Balaban J connectivity index is 2.76. The molecule has 4 nitrogen and oxygen atoms in total. The van der Waals surface area contributed by atoms with E-state index in [4.69, 9.17) is 16.7 Å². The van der Waals surface area contributed by atoms with Gasteiger partial charge < -0.3 is 10.4 Å². The van der Waals surface area contributed by atoms with E-state index in [0.717, 1.165) is 0 Å². The maximum absolute atomic E-state index is 11.0. The van der Waals surface area contributed by atoms with Gasteiger partial charge in [0.05, 0.1) is 18.6 Å². The third kappa shape index (κ3) is 1.76. The largest absolute Gasteiger partial charge is 0.394 e. The summed E-state index contributed by atoms with van der Waals surface area (Å²) in [4.78, 5) is 21.9. The zero-order chi connectivity index (χ0) is 9.19. The molecule has 1 fully saturated rings. The van der Waals surface area contributed by atoms with Crippen molar-refractivity contribution in [3.05, 3.63) is 0 Å². The molecule has 0 spiro atoms. The molecule has 0 aromatic rings. The lowest BCUT2D eigenvalue weighted by Crippen LogP contribution is -2.58. The summed E-state index contributed by atoms with van der Waals surface area (Å²) >= 11 is 5.54. The SMILES string of the molecule is O=C1CC(=O)NC(CO)(CCl)C1.